The fourth-order valence-electron chi connectivity index (χ4n) is 9.74. The Bertz CT molecular complexity index is 3440. The predicted molar refractivity (Wildman–Crippen MR) is 224 cm³/mol. The van der Waals surface area contributed by atoms with Gasteiger partial charge in [-0.25, -0.2) is 9.97 Å². The number of benzene rings is 8. The summed E-state index contributed by atoms with van der Waals surface area (Å²) in [5.41, 5.74) is 12.7. The lowest BCUT2D eigenvalue weighted by Crippen LogP contribution is -2.32. The van der Waals surface area contributed by atoms with Gasteiger partial charge in [-0.1, -0.05) is 133 Å². The van der Waals surface area contributed by atoms with E-state index >= 15 is 0 Å². The Labute approximate surface area is 320 Å². The Morgan fingerprint density at radius 1 is 0.464 bits per heavy atom. The van der Waals surface area contributed by atoms with Gasteiger partial charge in [0.15, 0.2) is 5.58 Å². The van der Waals surface area contributed by atoms with Gasteiger partial charge in [-0.3, -0.25) is 4.57 Å². The van der Waals surface area contributed by atoms with Crippen LogP contribution in [0.25, 0.3) is 83.0 Å². The van der Waals surface area contributed by atoms with Crippen LogP contribution >= 0.6 is 0 Å². The van der Waals surface area contributed by atoms with Crippen LogP contribution in [-0.4, -0.2) is 14.5 Å². The summed E-state index contributed by atoms with van der Waals surface area (Å²) in [4.78, 5) is 10.8. The maximum Gasteiger partial charge on any atom is 0.236 e. The van der Waals surface area contributed by atoms with E-state index < -0.39 is 5.41 Å². The molecule has 0 unspecified atom stereocenters. The average Bonchev–Trinajstić information content (AvgIpc) is 3.89. The molecule has 5 heteroatoms. The maximum absolute atomic E-state index is 6.97. The zero-order chi connectivity index (χ0) is 36.5. The van der Waals surface area contributed by atoms with Crippen LogP contribution in [0, 0.1) is 0 Å². The van der Waals surface area contributed by atoms with Gasteiger partial charge in [-0.15, -0.1) is 0 Å². The van der Waals surface area contributed by atoms with E-state index in [2.05, 4.69) is 162 Å². The molecule has 0 saturated carbocycles. The summed E-state index contributed by atoms with van der Waals surface area (Å²) < 4.78 is 15.7. The summed E-state index contributed by atoms with van der Waals surface area (Å²) in [7, 11) is 0. The molecule has 8 aromatic carbocycles. The third-order valence-electron chi connectivity index (χ3n) is 12.1. The molecule has 2 aliphatic rings. The van der Waals surface area contributed by atoms with Crippen molar-refractivity contribution in [3.05, 3.63) is 198 Å². The standard InChI is InChI=1S/C51H29N3O2/c1-2-14-31-27-32(26-25-30(31)13-1)47-49-48(36-18-6-11-23-44(36)56-49)53-50(52-47)54-42-22-10-5-17-35(42)37-28-41-46(29-43(37)54)55-45-24-12-9-21-40(45)51(41)38-19-7-3-15-33(38)34-16-4-8-20-39(34)51/h1-29H. The van der Waals surface area contributed by atoms with Crippen LogP contribution in [0.5, 0.6) is 11.5 Å². The van der Waals surface area contributed by atoms with Crippen molar-refractivity contribution >= 4 is 54.6 Å². The fourth-order valence-corrected chi connectivity index (χ4v) is 9.74. The fraction of sp³-hybridized carbons (Fsp3) is 0.0196. The number of aromatic nitrogens is 3. The van der Waals surface area contributed by atoms with Crippen molar-refractivity contribution in [2.45, 2.75) is 5.41 Å². The number of nitrogens with zero attached hydrogens (tertiary/aromatic N) is 3. The minimum Gasteiger partial charge on any atom is -0.457 e. The van der Waals surface area contributed by atoms with E-state index in [9.17, 15) is 0 Å². The van der Waals surface area contributed by atoms with Crippen molar-refractivity contribution in [2.75, 3.05) is 0 Å². The second kappa shape index (κ2) is 10.8. The molecule has 3 aromatic heterocycles. The van der Waals surface area contributed by atoms with E-state index in [-0.39, 0.29) is 0 Å². The first-order valence-corrected chi connectivity index (χ1v) is 19.0. The molecule has 1 spiro atoms. The summed E-state index contributed by atoms with van der Waals surface area (Å²) in [5.74, 6) is 2.24. The van der Waals surface area contributed by atoms with Crippen molar-refractivity contribution in [3.8, 4) is 39.8 Å². The third kappa shape index (κ3) is 3.78. The van der Waals surface area contributed by atoms with Crippen LogP contribution in [0.3, 0.4) is 0 Å². The predicted octanol–water partition coefficient (Wildman–Crippen LogP) is 12.8. The van der Waals surface area contributed by atoms with Crippen LogP contribution in [0.4, 0.5) is 0 Å². The number of hydrogen-bond donors (Lipinski definition) is 0. The van der Waals surface area contributed by atoms with Crippen molar-refractivity contribution in [1.29, 1.82) is 0 Å². The summed E-state index contributed by atoms with van der Waals surface area (Å²) in [5, 5.41) is 5.49. The van der Waals surface area contributed by atoms with E-state index in [1.807, 2.05) is 18.2 Å². The molecule has 1 aliphatic heterocycles. The molecule has 1 aliphatic carbocycles. The zero-order valence-corrected chi connectivity index (χ0v) is 29.9. The largest absolute Gasteiger partial charge is 0.457 e. The molecule has 13 rings (SSSR count). The lowest BCUT2D eigenvalue weighted by atomic mass is 9.66. The highest BCUT2D eigenvalue weighted by atomic mass is 16.5. The first kappa shape index (κ1) is 29.9. The van der Waals surface area contributed by atoms with Gasteiger partial charge >= 0.3 is 0 Å². The first-order valence-electron chi connectivity index (χ1n) is 19.0. The number of furan rings is 1. The summed E-state index contributed by atoms with van der Waals surface area (Å²) in [6.07, 6.45) is 0. The van der Waals surface area contributed by atoms with Gasteiger partial charge in [0.05, 0.1) is 16.4 Å². The second-order valence-electron chi connectivity index (χ2n) is 14.9. The summed E-state index contributed by atoms with van der Waals surface area (Å²) in [6, 6.07) is 62.4. The number of ether oxygens (including phenoxy) is 1. The topological polar surface area (TPSA) is 53.1 Å². The van der Waals surface area contributed by atoms with E-state index in [4.69, 9.17) is 19.1 Å². The van der Waals surface area contributed by atoms with E-state index in [1.54, 1.807) is 0 Å². The zero-order valence-electron chi connectivity index (χ0n) is 29.9. The lowest BCUT2D eigenvalue weighted by molar-refractivity contribution is 0.437. The molecule has 0 saturated heterocycles. The van der Waals surface area contributed by atoms with Crippen LogP contribution in [0.1, 0.15) is 22.3 Å². The van der Waals surface area contributed by atoms with E-state index in [0.717, 1.165) is 77.6 Å². The second-order valence-corrected chi connectivity index (χ2v) is 14.9. The average molecular weight is 716 g/mol. The molecule has 56 heavy (non-hydrogen) atoms. The molecule has 5 nitrogen and oxygen atoms in total. The maximum atomic E-state index is 6.97. The van der Waals surface area contributed by atoms with Crippen molar-refractivity contribution in [1.82, 2.24) is 14.5 Å². The van der Waals surface area contributed by atoms with Crippen molar-refractivity contribution in [2.24, 2.45) is 0 Å². The monoisotopic (exact) mass is 715 g/mol. The number of para-hydroxylation sites is 3. The minimum absolute atomic E-state index is 0.566. The highest BCUT2D eigenvalue weighted by molar-refractivity contribution is 6.11. The van der Waals surface area contributed by atoms with Crippen molar-refractivity contribution < 1.29 is 9.15 Å². The highest BCUT2D eigenvalue weighted by Crippen LogP contribution is 2.62. The third-order valence-corrected chi connectivity index (χ3v) is 12.1. The van der Waals surface area contributed by atoms with Gasteiger partial charge in [-0.05, 0) is 69.4 Å². The molecule has 0 N–H and O–H groups in total. The van der Waals surface area contributed by atoms with Crippen LogP contribution in [0.15, 0.2) is 180 Å². The van der Waals surface area contributed by atoms with Gasteiger partial charge < -0.3 is 9.15 Å². The molecule has 4 heterocycles. The van der Waals surface area contributed by atoms with E-state index in [0.29, 0.717) is 11.5 Å². The summed E-state index contributed by atoms with van der Waals surface area (Å²) >= 11 is 0. The Morgan fingerprint density at radius 3 is 1.98 bits per heavy atom. The van der Waals surface area contributed by atoms with Crippen LogP contribution in [-0.2, 0) is 5.41 Å². The van der Waals surface area contributed by atoms with E-state index in [1.165, 1.54) is 27.6 Å². The number of rotatable bonds is 2. The molecule has 0 fully saturated rings. The summed E-state index contributed by atoms with van der Waals surface area (Å²) in [6.45, 7) is 0. The van der Waals surface area contributed by atoms with Gasteiger partial charge in [0.1, 0.15) is 28.3 Å². The Kier molecular flexibility index (Phi) is 5.77. The normalized spacial score (nSPS) is 13.6. The SMILES string of the molecule is c1ccc2c(c1)Oc1cc3c(cc1C21c2ccccc2-c2ccccc21)c1ccccc1n3-c1nc(-c2ccc3ccccc3c2)c2oc3ccccc3c2n1. The molecule has 260 valence electrons. The number of fused-ring (bicyclic) bond motifs is 16. The molecule has 0 radical (unpaired) electrons. The minimum atomic E-state index is -0.566. The smallest absolute Gasteiger partial charge is 0.236 e. The quantitative estimate of drug-likeness (QED) is 0.179. The highest BCUT2D eigenvalue weighted by Gasteiger charge is 2.51. The lowest BCUT2D eigenvalue weighted by Gasteiger charge is -2.39. The van der Waals surface area contributed by atoms with Gasteiger partial charge in [0.25, 0.3) is 0 Å². The Morgan fingerprint density at radius 2 is 1.14 bits per heavy atom. The Hall–Kier alpha value is -7.50. The van der Waals surface area contributed by atoms with Crippen molar-refractivity contribution in [3.63, 3.8) is 0 Å². The van der Waals surface area contributed by atoms with Crippen LogP contribution in [0.2, 0.25) is 0 Å². The van der Waals surface area contributed by atoms with Crippen LogP contribution < -0.4 is 4.74 Å². The molecule has 0 amide bonds. The molecule has 0 atom stereocenters. The van der Waals surface area contributed by atoms with Gasteiger partial charge in [0.2, 0.25) is 5.95 Å². The molecule has 11 aromatic rings. The molecule has 0 bridgehead atoms. The first-order chi connectivity index (χ1) is 27.8. The number of hydrogen-bond acceptors (Lipinski definition) is 4. The van der Waals surface area contributed by atoms with Gasteiger partial charge in [0, 0.05) is 38.9 Å². The molecular formula is C51H29N3O2. The van der Waals surface area contributed by atoms with Gasteiger partial charge in [-0.2, -0.15) is 0 Å². The molecular weight excluding hydrogens is 687 g/mol. The Balaban J connectivity index is 1.14.